The first kappa shape index (κ1) is 44.6. The van der Waals surface area contributed by atoms with E-state index in [0.29, 0.717) is 35.8 Å². The number of piperidine rings is 1. The number of aromatic nitrogens is 4. The van der Waals surface area contributed by atoms with Crippen molar-refractivity contribution in [2.45, 2.75) is 76.5 Å². The summed E-state index contributed by atoms with van der Waals surface area (Å²) in [5.74, 6) is -3.69. The second-order valence-corrected chi connectivity index (χ2v) is 18.8. The fourth-order valence-electron chi connectivity index (χ4n) is 10.6. The van der Waals surface area contributed by atoms with E-state index in [1.165, 1.54) is 15.9 Å². The number of rotatable bonds is 10. The first-order valence-electron chi connectivity index (χ1n) is 22.8. The lowest BCUT2D eigenvalue weighted by atomic mass is 9.69. The number of fused-ring (bicyclic) bond motifs is 2. The zero-order valence-electron chi connectivity index (χ0n) is 37.6. The number of imide groups is 1. The highest BCUT2D eigenvalue weighted by atomic mass is 35.5. The molecule has 4 fully saturated rings. The number of nitrogens with one attached hydrogen (secondary N) is 3. The minimum Gasteiger partial charge on any atom is -0.385 e. The fraction of sp³-hybridized carbons (Fsp3) is 0.438. The van der Waals surface area contributed by atoms with E-state index >= 15 is 8.78 Å². The van der Waals surface area contributed by atoms with Crippen molar-refractivity contribution in [3.63, 3.8) is 0 Å². The molecule has 4 aliphatic heterocycles. The lowest BCUT2D eigenvalue weighted by molar-refractivity contribution is -0.220. The maximum atomic E-state index is 16.1. The molecule has 10 rings (SSSR count). The van der Waals surface area contributed by atoms with Crippen LogP contribution in [0.3, 0.4) is 0 Å². The number of amides is 5. The number of benzene rings is 2. The van der Waals surface area contributed by atoms with Crippen LogP contribution >= 0.6 is 11.6 Å². The van der Waals surface area contributed by atoms with Crippen LogP contribution in [0.25, 0.3) is 16.9 Å². The van der Waals surface area contributed by atoms with Gasteiger partial charge in [0.25, 0.3) is 17.7 Å². The number of aryl methyl sites for hydroxylation is 1. The van der Waals surface area contributed by atoms with Crippen molar-refractivity contribution in [2.75, 3.05) is 68.5 Å². The van der Waals surface area contributed by atoms with E-state index in [0.717, 1.165) is 65.9 Å². The molecule has 0 radical (unpaired) electrons. The smallest absolute Gasteiger partial charge is 0.328 e. The van der Waals surface area contributed by atoms with E-state index in [2.05, 4.69) is 38.0 Å². The third kappa shape index (κ3) is 8.01. The number of nitrogens with zero attached hydrogens (tertiary/aromatic N) is 8. The summed E-state index contributed by atoms with van der Waals surface area (Å²) < 4.78 is 39.5. The average Bonchev–Trinajstić information content (AvgIpc) is 3.95. The van der Waals surface area contributed by atoms with Crippen LogP contribution in [-0.2, 0) is 22.5 Å². The molecule has 3 N–H and O–H groups in total. The number of hydrogen-bond acceptors (Lipinski definition) is 11. The molecule has 67 heavy (non-hydrogen) atoms. The number of ether oxygens (including phenoxy) is 1. The van der Waals surface area contributed by atoms with Gasteiger partial charge in [0.15, 0.2) is 17.2 Å². The number of urea groups is 1. The van der Waals surface area contributed by atoms with Gasteiger partial charge in [-0.15, -0.1) is 5.10 Å². The Morgan fingerprint density at radius 1 is 0.955 bits per heavy atom. The highest BCUT2D eigenvalue weighted by Crippen LogP contribution is 2.51. The molecule has 7 heterocycles. The molecular formula is C48H52ClF2N11O5. The SMILES string of the molecule is CNc1cc(N2CCc3c(-c4ccc(CN5CC6(CCN(C(=O)c7cc(C)c(Cl)c(N8CCC(=O)NC8=O)c7)CC6(F)F)C5)cn4)cccc32)nn2c(C(=O)N[C@@H]3CCCC[C@H]3OC)cnc12. The van der Waals surface area contributed by atoms with E-state index in [-0.39, 0.29) is 73.3 Å². The van der Waals surface area contributed by atoms with Crippen molar-refractivity contribution < 1.29 is 32.7 Å². The standard InChI is InChI=1S/C48H52ClF2N11O5/c1-28-19-30(20-37(42(28)49)61-17-14-41(63)56-46(61)66)45(65)59-18-15-47(48(50,51)27-59)25-58(26-47)24-29-11-12-33(53-22-29)31-7-6-9-36-32(31)13-16-60(36)40-21-35(52-2)43-54-23-38(62(43)57-40)44(64)55-34-8-4-5-10-39(34)67-3/h6-7,9,11-12,19-23,34,39,52H,4-5,8,10,13-18,24-27H2,1-3H3,(H,55,64)(H,56,63,66)/t34-,39-/m1/s1. The molecular weight excluding hydrogens is 884 g/mol. The van der Waals surface area contributed by atoms with Crippen LogP contribution in [0.1, 0.15) is 76.1 Å². The number of methoxy groups -OCH3 is 1. The number of carbonyl (C=O) groups is 4. The summed E-state index contributed by atoms with van der Waals surface area (Å²) in [4.78, 5) is 67.7. The van der Waals surface area contributed by atoms with Gasteiger partial charge < -0.3 is 25.2 Å². The van der Waals surface area contributed by atoms with Crippen molar-refractivity contribution in [2.24, 2.45) is 5.41 Å². The first-order valence-corrected chi connectivity index (χ1v) is 23.2. The van der Waals surface area contributed by atoms with Crippen LogP contribution in [0.4, 0.5) is 36.5 Å². The van der Waals surface area contributed by atoms with Crippen molar-refractivity contribution in [3.05, 3.63) is 93.9 Å². The van der Waals surface area contributed by atoms with Gasteiger partial charge >= 0.3 is 6.03 Å². The number of imidazole rings is 1. The quantitative estimate of drug-likeness (QED) is 0.138. The largest absolute Gasteiger partial charge is 0.385 e. The molecule has 0 unspecified atom stereocenters. The van der Waals surface area contributed by atoms with Crippen molar-refractivity contribution in [1.29, 1.82) is 0 Å². The molecule has 19 heteroatoms. The Morgan fingerprint density at radius 3 is 2.51 bits per heavy atom. The maximum Gasteiger partial charge on any atom is 0.328 e. The summed E-state index contributed by atoms with van der Waals surface area (Å²) in [5, 5.41) is 13.9. The van der Waals surface area contributed by atoms with Crippen LogP contribution in [-0.4, -0.2) is 125 Å². The van der Waals surface area contributed by atoms with Gasteiger partial charge in [-0.25, -0.2) is 23.1 Å². The molecule has 2 atom stereocenters. The lowest BCUT2D eigenvalue weighted by Gasteiger charge is -2.57. The molecule has 0 bridgehead atoms. The Balaban J connectivity index is 0.792. The number of pyridine rings is 1. The Labute approximate surface area is 391 Å². The fourth-order valence-corrected chi connectivity index (χ4v) is 10.8. The van der Waals surface area contributed by atoms with Crippen molar-refractivity contribution in [1.82, 2.24) is 40.0 Å². The molecule has 1 aliphatic carbocycles. The highest BCUT2D eigenvalue weighted by molar-refractivity contribution is 6.35. The molecule has 5 amide bonds. The summed E-state index contributed by atoms with van der Waals surface area (Å²) in [6.45, 7) is 2.71. The van der Waals surface area contributed by atoms with E-state index < -0.39 is 35.7 Å². The zero-order chi connectivity index (χ0) is 46.8. The van der Waals surface area contributed by atoms with Crippen molar-refractivity contribution >= 4 is 63.9 Å². The Morgan fingerprint density at radius 2 is 1.76 bits per heavy atom. The minimum absolute atomic E-state index is 0.0342. The molecule has 1 saturated carbocycles. The Bertz CT molecular complexity index is 2800. The summed E-state index contributed by atoms with van der Waals surface area (Å²) in [6.07, 6.45) is 8.15. The maximum absolute atomic E-state index is 16.1. The predicted octanol–water partition coefficient (Wildman–Crippen LogP) is 6.61. The summed E-state index contributed by atoms with van der Waals surface area (Å²) >= 11 is 6.53. The van der Waals surface area contributed by atoms with E-state index in [4.69, 9.17) is 26.4 Å². The number of alkyl halides is 2. The normalized spacial score (nSPS) is 21.3. The zero-order valence-corrected chi connectivity index (χ0v) is 38.3. The van der Waals surface area contributed by atoms with Crippen LogP contribution < -0.4 is 25.8 Å². The van der Waals surface area contributed by atoms with Gasteiger partial charge in [-0.3, -0.25) is 34.5 Å². The molecule has 350 valence electrons. The topological polar surface area (TPSA) is 170 Å². The second kappa shape index (κ2) is 17.4. The number of hydrogen-bond donors (Lipinski definition) is 3. The van der Waals surface area contributed by atoms with E-state index in [1.807, 2.05) is 42.4 Å². The lowest BCUT2D eigenvalue weighted by Crippen LogP contribution is -2.70. The number of likely N-dealkylation sites (tertiary alicyclic amines) is 2. The molecule has 2 aromatic carbocycles. The molecule has 3 saturated heterocycles. The Hall–Kier alpha value is -6.24. The highest BCUT2D eigenvalue weighted by Gasteiger charge is 2.62. The second-order valence-electron chi connectivity index (χ2n) is 18.4. The molecule has 16 nitrogen and oxygen atoms in total. The third-order valence-electron chi connectivity index (χ3n) is 14.3. The van der Waals surface area contributed by atoms with Gasteiger partial charge in [0.1, 0.15) is 0 Å². The first-order chi connectivity index (χ1) is 32.3. The van der Waals surface area contributed by atoms with Gasteiger partial charge in [-0.2, -0.15) is 0 Å². The van der Waals surface area contributed by atoms with Crippen molar-refractivity contribution in [3.8, 4) is 11.3 Å². The number of halogens is 3. The van der Waals surface area contributed by atoms with Gasteiger partial charge in [0.2, 0.25) is 5.91 Å². The van der Waals surface area contributed by atoms with E-state index in [1.54, 1.807) is 30.8 Å². The number of anilines is 4. The minimum atomic E-state index is -3.13. The average molecular weight is 936 g/mol. The molecule has 3 aromatic heterocycles. The summed E-state index contributed by atoms with van der Waals surface area (Å²) in [5.41, 5.74) is 6.11. The van der Waals surface area contributed by atoms with Gasteiger partial charge in [0.05, 0.1) is 52.4 Å². The molecule has 5 aromatic rings. The van der Waals surface area contributed by atoms with E-state index in [9.17, 15) is 19.2 Å². The third-order valence-corrected chi connectivity index (χ3v) is 14.8. The number of carbonyl (C=O) groups excluding carboxylic acids is 4. The molecule has 5 aliphatic rings. The van der Waals surface area contributed by atoms with Crippen LogP contribution in [0.15, 0.2) is 60.9 Å². The van der Waals surface area contributed by atoms with Crippen LogP contribution in [0.2, 0.25) is 5.02 Å². The Kier molecular flexibility index (Phi) is 11.6. The summed E-state index contributed by atoms with van der Waals surface area (Å²) in [7, 11) is 3.51. The van der Waals surface area contributed by atoms with Gasteiger partial charge in [0, 0.05) is 88.9 Å². The van der Waals surface area contributed by atoms with Gasteiger partial charge in [-0.1, -0.05) is 42.6 Å². The predicted molar refractivity (Wildman–Crippen MR) is 248 cm³/mol. The van der Waals surface area contributed by atoms with Gasteiger partial charge in [-0.05, 0) is 73.6 Å². The molecule has 1 spiro atoms. The summed E-state index contributed by atoms with van der Waals surface area (Å²) in [6, 6.07) is 14.3. The van der Waals surface area contributed by atoms with Crippen LogP contribution in [0.5, 0.6) is 0 Å². The monoisotopic (exact) mass is 935 g/mol. The van der Waals surface area contributed by atoms with Crippen LogP contribution in [0, 0.1) is 12.3 Å².